The minimum atomic E-state index is -0.932. The molecular formula is C21H24N2O5S. The monoisotopic (exact) mass is 416 g/mol. The van der Waals surface area contributed by atoms with Gasteiger partial charge in [-0.15, -0.1) is 11.3 Å². The number of para-hydroxylation sites is 2. The highest BCUT2D eigenvalue weighted by Gasteiger charge is 2.31. The number of ether oxygens (including phenoxy) is 2. The average Bonchev–Trinajstić information content (AvgIpc) is 3.28. The summed E-state index contributed by atoms with van der Waals surface area (Å²) >= 11 is 1.41. The molecule has 8 heteroatoms. The lowest BCUT2D eigenvalue weighted by Crippen LogP contribution is -2.41. The summed E-state index contributed by atoms with van der Waals surface area (Å²) in [4.78, 5) is 39.7. The molecule has 154 valence electrons. The highest BCUT2D eigenvalue weighted by molar-refractivity contribution is 7.12. The van der Waals surface area contributed by atoms with E-state index >= 15 is 0 Å². The summed E-state index contributed by atoms with van der Waals surface area (Å²) in [6.07, 6.45) is 0.117. The van der Waals surface area contributed by atoms with E-state index in [2.05, 4.69) is 5.32 Å². The summed E-state index contributed by atoms with van der Waals surface area (Å²) < 4.78 is 10.6. The Balaban J connectivity index is 1.49. The maximum Gasteiger partial charge on any atom is 0.309 e. The second-order valence-corrected chi connectivity index (χ2v) is 7.76. The van der Waals surface area contributed by atoms with Crippen LogP contribution in [0.5, 0.6) is 5.75 Å². The van der Waals surface area contributed by atoms with Gasteiger partial charge in [0.2, 0.25) is 0 Å². The molecule has 1 atom stereocenters. The van der Waals surface area contributed by atoms with Crippen LogP contribution in [0.4, 0.5) is 5.69 Å². The van der Waals surface area contributed by atoms with Gasteiger partial charge in [-0.1, -0.05) is 18.2 Å². The van der Waals surface area contributed by atoms with Crippen molar-refractivity contribution in [2.45, 2.75) is 25.9 Å². The van der Waals surface area contributed by atoms with Crippen molar-refractivity contribution in [1.29, 1.82) is 0 Å². The van der Waals surface area contributed by atoms with Crippen LogP contribution in [0.2, 0.25) is 0 Å². The molecule has 1 aromatic carbocycles. The number of likely N-dealkylation sites (tertiary alicyclic amines) is 1. The topological polar surface area (TPSA) is 84.9 Å². The van der Waals surface area contributed by atoms with Gasteiger partial charge in [0.25, 0.3) is 11.8 Å². The van der Waals surface area contributed by atoms with Gasteiger partial charge in [0.1, 0.15) is 5.75 Å². The summed E-state index contributed by atoms with van der Waals surface area (Å²) in [6, 6.07) is 10.7. The molecule has 7 nitrogen and oxygen atoms in total. The number of anilines is 1. The third-order valence-corrected chi connectivity index (χ3v) is 5.73. The third-order valence-electron chi connectivity index (χ3n) is 4.87. The Morgan fingerprint density at radius 3 is 2.52 bits per heavy atom. The fourth-order valence-electron chi connectivity index (χ4n) is 3.18. The van der Waals surface area contributed by atoms with Crippen molar-refractivity contribution >= 4 is 34.8 Å². The number of rotatable bonds is 6. The van der Waals surface area contributed by atoms with E-state index in [1.54, 1.807) is 35.2 Å². The van der Waals surface area contributed by atoms with E-state index in [-0.39, 0.29) is 11.8 Å². The quantitative estimate of drug-likeness (QED) is 0.731. The molecule has 0 bridgehead atoms. The van der Waals surface area contributed by atoms with E-state index in [4.69, 9.17) is 9.47 Å². The second kappa shape index (κ2) is 9.56. The largest absolute Gasteiger partial charge is 0.495 e. The van der Waals surface area contributed by atoms with Gasteiger partial charge >= 0.3 is 5.97 Å². The Bertz CT molecular complexity index is 860. The Morgan fingerprint density at radius 2 is 1.86 bits per heavy atom. The number of carbonyl (C=O) groups is 3. The normalized spacial score (nSPS) is 15.4. The average molecular weight is 416 g/mol. The van der Waals surface area contributed by atoms with Crippen molar-refractivity contribution in [3.8, 4) is 5.75 Å². The maximum absolute atomic E-state index is 12.5. The molecule has 0 spiro atoms. The third kappa shape index (κ3) is 5.14. The second-order valence-electron chi connectivity index (χ2n) is 6.81. The van der Waals surface area contributed by atoms with E-state index < -0.39 is 18.0 Å². The van der Waals surface area contributed by atoms with Gasteiger partial charge in [-0.3, -0.25) is 14.4 Å². The number of amides is 2. The molecule has 1 N–H and O–H groups in total. The molecule has 0 radical (unpaired) electrons. The number of nitrogens with zero attached hydrogens (tertiary/aromatic N) is 1. The van der Waals surface area contributed by atoms with E-state index in [1.807, 2.05) is 11.4 Å². The van der Waals surface area contributed by atoms with Gasteiger partial charge < -0.3 is 19.7 Å². The van der Waals surface area contributed by atoms with E-state index in [9.17, 15) is 14.4 Å². The van der Waals surface area contributed by atoms with Gasteiger partial charge in [0.15, 0.2) is 6.10 Å². The van der Waals surface area contributed by atoms with Gasteiger partial charge in [-0.2, -0.15) is 0 Å². The molecule has 29 heavy (non-hydrogen) atoms. The summed E-state index contributed by atoms with van der Waals surface area (Å²) in [6.45, 7) is 2.54. The predicted octanol–water partition coefficient (Wildman–Crippen LogP) is 3.18. The number of piperidine rings is 1. The molecule has 2 amide bonds. The molecule has 2 heterocycles. The van der Waals surface area contributed by atoms with Gasteiger partial charge in [0.05, 0.1) is 23.6 Å². The van der Waals surface area contributed by atoms with Crippen molar-refractivity contribution in [2.24, 2.45) is 5.92 Å². The first kappa shape index (κ1) is 20.9. The van der Waals surface area contributed by atoms with Crippen LogP contribution >= 0.6 is 11.3 Å². The Labute approximate surface area is 173 Å². The molecule has 1 aromatic heterocycles. The van der Waals surface area contributed by atoms with Crippen LogP contribution in [0.3, 0.4) is 0 Å². The van der Waals surface area contributed by atoms with E-state index in [0.717, 1.165) is 0 Å². The summed E-state index contributed by atoms with van der Waals surface area (Å²) in [5.41, 5.74) is 0.517. The molecule has 0 aliphatic carbocycles. The zero-order chi connectivity index (χ0) is 20.8. The highest BCUT2D eigenvalue weighted by Crippen LogP contribution is 2.24. The van der Waals surface area contributed by atoms with Crippen molar-refractivity contribution < 1.29 is 23.9 Å². The Kier molecular flexibility index (Phi) is 6.87. The minimum absolute atomic E-state index is 0.00336. The van der Waals surface area contributed by atoms with Crippen LogP contribution in [0.25, 0.3) is 0 Å². The highest BCUT2D eigenvalue weighted by atomic mass is 32.1. The molecule has 1 saturated heterocycles. The molecule has 0 saturated carbocycles. The van der Waals surface area contributed by atoms with Gasteiger partial charge in [0, 0.05) is 13.1 Å². The molecule has 1 aliphatic heterocycles. The number of esters is 1. The van der Waals surface area contributed by atoms with Crippen molar-refractivity contribution in [2.75, 3.05) is 25.5 Å². The van der Waals surface area contributed by atoms with Crippen LogP contribution in [0.1, 0.15) is 29.4 Å². The number of methoxy groups -OCH3 is 1. The van der Waals surface area contributed by atoms with Crippen LogP contribution < -0.4 is 10.1 Å². The lowest BCUT2D eigenvalue weighted by atomic mass is 9.97. The smallest absolute Gasteiger partial charge is 0.309 e. The summed E-state index contributed by atoms with van der Waals surface area (Å²) in [5, 5.41) is 4.58. The number of thiophene rings is 1. The first-order valence-corrected chi connectivity index (χ1v) is 10.3. The van der Waals surface area contributed by atoms with Gasteiger partial charge in [-0.05, 0) is 43.3 Å². The molecule has 1 aliphatic rings. The number of nitrogens with one attached hydrogen (secondary N) is 1. The van der Waals surface area contributed by atoms with Crippen LogP contribution in [-0.4, -0.2) is 49.0 Å². The predicted molar refractivity (Wildman–Crippen MR) is 110 cm³/mol. The van der Waals surface area contributed by atoms with E-state index in [0.29, 0.717) is 42.2 Å². The maximum atomic E-state index is 12.5. The van der Waals surface area contributed by atoms with Crippen LogP contribution in [0, 0.1) is 5.92 Å². The molecule has 2 aromatic rings. The first-order valence-electron chi connectivity index (χ1n) is 9.46. The van der Waals surface area contributed by atoms with E-state index in [1.165, 1.54) is 25.4 Å². The van der Waals surface area contributed by atoms with Gasteiger partial charge in [-0.25, -0.2) is 0 Å². The number of benzene rings is 1. The van der Waals surface area contributed by atoms with Crippen LogP contribution in [-0.2, 0) is 14.3 Å². The van der Waals surface area contributed by atoms with Crippen LogP contribution in [0.15, 0.2) is 41.8 Å². The zero-order valence-electron chi connectivity index (χ0n) is 16.4. The standard InChI is InChI=1S/C21H24N2O5S/c1-14(19(24)22-16-6-3-4-7-17(16)27-2)28-21(26)15-9-11-23(12-10-15)20(25)18-8-5-13-29-18/h3-8,13-15H,9-12H2,1-2H3,(H,22,24). The lowest BCUT2D eigenvalue weighted by molar-refractivity contribution is -0.158. The Morgan fingerprint density at radius 1 is 1.14 bits per heavy atom. The van der Waals surface area contributed by atoms with Crippen molar-refractivity contribution in [3.63, 3.8) is 0 Å². The number of hydrogen-bond acceptors (Lipinski definition) is 6. The summed E-state index contributed by atoms with van der Waals surface area (Å²) in [5.74, 6) is -0.619. The SMILES string of the molecule is COc1ccccc1NC(=O)C(C)OC(=O)C1CCN(C(=O)c2cccs2)CC1. The summed E-state index contributed by atoms with van der Waals surface area (Å²) in [7, 11) is 1.52. The Hall–Kier alpha value is -2.87. The molecule has 1 unspecified atom stereocenters. The molecule has 1 fully saturated rings. The zero-order valence-corrected chi connectivity index (χ0v) is 17.2. The molecular weight excluding hydrogens is 392 g/mol. The van der Waals surface area contributed by atoms with Crippen molar-refractivity contribution in [1.82, 2.24) is 4.90 Å². The lowest BCUT2D eigenvalue weighted by Gasteiger charge is -2.31. The first-order chi connectivity index (χ1) is 14.0. The fourth-order valence-corrected chi connectivity index (χ4v) is 3.87. The fraction of sp³-hybridized carbons (Fsp3) is 0.381. The van der Waals surface area contributed by atoms with Crippen molar-refractivity contribution in [3.05, 3.63) is 46.7 Å². The molecule has 3 rings (SSSR count). The number of carbonyl (C=O) groups excluding carboxylic acids is 3. The minimum Gasteiger partial charge on any atom is -0.495 e. The number of hydrogen-bond donors (Lipinski definition) is 1.